The molecule has 0 aromatic rings. The van der Waals surface area contributed by atoms with Crippen LogP contribution in [0.25, 0.3) is 0 Å². The van der Waals surface area contributed by atoms with Crippen molar-refractivity contribution in [1.82, 2.24) is 0 Å². The van der Waals surface area contributed by atoms with Crippen molar-refractivity contribution < 1.29 is 10.2 Å². The predicted octanol–water partition coefficient (Wildman–Crippen LogP) is 2.41. The first-order valence-electron chi connectivity index (χ1n) is 4.26. The van der Waals surface area contributed by atoms with Gasteiger partial charge in [-0.25, -0.2) is 0 Å². The molecule has 0 aliphatic rings. The van der Waals surface area contributed by atoms with Crippen molar-refractivity contribution in [2.24, 2.45) is 11.5 Å². The Morgan fingerprint density at radius 1 is 0.857 bits per heavy atom. The first kappa shape index (κ1) is 23.3. The van der Waals surface area contributed by atoms with Gasteiger partial charge in [0, 0.05) is 0 Å². The van der Waals surface area contributed by atoms with Crippen LogP contribution in [0.4, 0.5) is 0 Å². The van der Waals surface area contributed by atoms with Crippen LogP contribution in [0.2, 0.25) is 0 Å². The molecule has 0 unspecified atom stereocenters. The summed E-state index contributed by atoms with van der Waals surface area (Å²) in [6, 6.07) is 0. The Balaban J connectivity index is -0.0000000482. The zero-order valence-electron chi connectivity index (χ0n) is 9.28. The molecule has 0 spiro atoms. The van der Waals surface area contributed by atoms with Gasteiger partial charge in [-0.05, 0) is 24.4 Å². The van der Waals surface area contributed by atoms with Gasteiger partial charge < -0.3 is 21.7 Å². The third-order valence-electron chi connectivity index (χ3n) is 0. The highest BCUT2D eigenvalue weighted by molar-refractivity contribution is 7.80. The predicted molar refractivity (Wildman–Crippen MR) is 70.8 cm³/mol. The molecule has 0 atom stereocenters. The Bertz CT molecular complexity index is 99.9. The molecule has 0 fully saturated rings. The third kappa shape index (κ3) is 3190. The van der Waals surface area contributed by atoms with E-state index in [-0.39, 0.29) is 0 Å². The largest absolute Gasteiger partial charge is 0.487 e. The van der Waals surface area contributed by atoms with E-state index in [1.54, 1.807) is 0 Å². The van der Waals surface area contributed by atoms with Crippen LogP contribution in [0.1, 0.15) is 40.5 Å². The van der Waals surface area contributed by atoms with Crippen molar-refractivity contribution in [2.75, 3.05) is 0 Å². The summed E-state index contributed by atoms with van der Waals surface area (Å²) in [5.41, 5.74) is 8.80. The highest BCUT2D eigenvalue weighted by atomic mass is 32.1. The maximum Gasteiger partial charge on any atom is 0.251 e. The standard InChI is InChI=1S/2C3H8.2CH3NOS/c2*1-3-2;2*2-1(3)4/h2*3H2,1-2H3;2*(H3,2,3,4). The Morgan fingerprint density at radius 2 is 0.857 bits per heavy atom. The number of aliphatic hydroxyl groups is 2. The van der Waals surface area contributed by atoms with Gasteiger partial charge in [0.05, 0.1) is 0 Å². The molecule has 0 aromatic carbocycles. The molecule has 6 N–H and O–H groups in total. The van der Waals surface area contributed by atoms with Crippen molar-refractivity contribution in [3.05, 3.63) is 0 Å². The molecule has 0 saturated heterocycles. The van der Waals surface area contributed by atoms with E-state index in [1.807, 2.05) is 0 Å². The minimum atomic E-state index is -0.500. The Hall–Kier alpha value is -0.620. The molecule has 4 nitrogen and oxygen atoms in total. The van der Waals surface area contributed by atoms with E-state index in [4.69, 9.17) is 10.2 Å². The summed E-state index contributed by atoms with van der Waals surface area (Å²) in [7, 11) is 0. The molecule has 0 bridgehead atoms. The average molecular weight is 242 g/mol. The van der Waals surface area contributed by atoms with Gasteiger partial charge in [-0.1, -0.05) is 40.5 Å². The lowest BCUT2D eigenvalue weighted by Crippen LogP contribution is -2.03. The van der Waals surface area contributed by atoms with E-state index in [9.17, 15) is 0 Å². The molecule has 14 heavy (non-hydrogen) atoms. The summed E-state index contributed by atoms with van der Waals surface area (Å²) in [6.07, 6.45) is 2.50. The van der Waals surface area contributed by atoms with E-state index in [0.29, 0.717) is 0 Å². The second-order valence-electron chi connectivity index (χ2n) is 2.09. The van der Waals surface area contributed by atoms with Crippen LogP contribution in [0.15, 0.2) is 0 Å². The third-order valence-corrected chi connectivity index (χ3v) is 0. The van der Waals surface area contributed by atoms with Crippen LogP contribution in [0.5, 0.6) is 0 Å². The number of nitrogens with two attached hydrogens (primary N) is 2. The second kappa shape index (κ2) is 29.4. The summed E-state index contributed by atoms with van der Waals surface area (Å²) in [6.45, 7) is 8.50. The minimum absolute atomic E-state index is 0.500. The van der Waals surface area contributed by atoms with Gasteiger partial charge in [0.15, 0.2) is 0 Å². The number of hydrogen-bond donors (Lipinski definition) is 4. The molecule has 0 heterocycles. The van der Waals surface area contributed by atoms with E-state index in [0.717, 1.165) is 0 Å². The maximum absolute atomic E-state index is 7.56. The summed E-state index contributed by atoms with van der Waals surface area (Å²) < 4.78 is 0. The molecule has 0 aromatic heterocycles. The fourth-order valence-electron chi connectivity index (χ4n) is 0. The van der Waals surface area contributed by atoms with Gasteiger partial charge in [-0.3, -0.25) is 0 Å². The highest BCUT2D eigenvalue weighted by Crippen LogP contribution is 1.56. The van der Waals surface area contributed by atoms with Crippen molar-refractivity contribution in [3.63, 3.8) is 0 Å². The smallest absolute Gasteiger partial charge is 0.251 e. The molecular weight excluding hydrogens is 220 g/mol. The van der Waals surface area contributed by atoms with E-state index >= 15 is 0 Å². The van der Waals surface area contributed by atoms with Gasteiger partial charge in [0.1, 0.15) is 0 Å². The molecule has 0 rings (SSSR count). The summed E-state index contributed by atoms with van der Waals surface area (Å²) in [5, 5.41) is 14.1. The zero-order chi connectivity index (χ0) is 12.6. The second-order valence-corrected chi connectivity index (χ2v) is 2.93. The van der Waals surface area contributed by atoms with Crippen molar-refractivity contribution in [3.8, 4) is 0 Å². The quantitative estimate of drug-likeness (QED) is 0.488. The molecule has 0 aliphatic carbocycles. The molecular formula is C8H22N2O2S2. The van der Waals surface area contributed by atoms with Crippen LogP contribution in [-0.2, 0) is 0 Å². The lowest BCUT2D eigenvalue weighted by molar-refractivity contribution is 0.559. The average Bonchev–Trinajstić information content (AvgIpc) is 1.85. The summed E-state index contributed by atoms with van der Waals surface area (Å²) in [4.78, 5) is 0. The van der Waals surface area contributed by atoms with Crippen molar-refractivity contribution in [2.45, 2.75) is 40.5 Å². The van der Waals surface area contributed by atoms with Gasteiger partial charge in [0.25, 0.3) is 10.3 Å². The van der Waals surface area contributed by atoms with E-state index < -0.39 is 10.3 Å². The SMILES string of the molecule is CCC.CCC.NC(O)=S.NC(O)=S. The number of rotatable bonds is 0. The van der Waals surface area contributed by atoms with E-state index in [1.165, 1.54) is 12.8 Å². The highest BCUT2D eigenvalue weighted by Gasteiger charge is 1.57. The molecule has 0 radical (unpaired) electrons. The molecule has 0 aliphatic heterocycles. The topological polar surface area (TPSA) is 92.5 Å². The van der Waals surface area contributed by atoms with Crippen molar-refractivity contribution >= 4 is 34.8 Å². The zero-order valence-corrected chi connectivity index (χ0v) is 10.9. The van der Waals surface area contributed by atoms with Gasteiger partial charge in [-0.15, -0.1) is 0 Å². The van der Waals surface area contributed by atoms with Crippen LogP contribution >= 0.6 is 24.4 Å². The maximum atomic E-state index is 7.56. The summed E-state index contributed by atoms with van der Waals surface area (Å²) in [5.74, 6) is 0. The fourth-order valence-corrected chi connectivity index (χ4v) is 0. The van der Waals surface area contributed by atoms with Gasteiger partial charge in [-0.2, -0.15) is 0 Å². The lowest BCUT2D eigenvalue weighted by Gasteiger charge is -1.67. The summed E-state index contributed by atoms with van der Waals surface area (Å²) >= 11 is 7.74. The molecule has 6 heteroatoms. The molecule has 88 valence electrons. The van der Waals surface area contributed by atoms with Crippen LogP contribution in [0, 0.1) is 0 Å². The van der Waals surface area contributed by atoms with Gasteiger partial charge in [0.2, 0.25) is 0 Å². The monoisotopic (exact) mass is 242 g/mol. The van der Waals surface area contributed by atoms with Crippen molar-refractivity contribution in [1.29, 1.82) is 0 Å². The first-order valence-corrected chi connectivity index (χ1v) is 5.08. The Kier molecular flexibility index (Phi) is 49.0. The lowest BCUT2D eigenvalue weighted by atomic mass is 10.6. The number of hydrogen-bond acceptors (Lipinski definition) is 2. The molecule has 0 amide bonds. The van der Waals surface area contributed by atoms with Crippen LogP contribution < -0.4 is 11.5 Å². The molecule has 0 saturated carbocycles. The Morgan fingerprint density at radius 3 is 0.857 bits per heavy atom. The number of aliphatic hydroxyl groups excluding tert-OH is 2. The minimum Gasteiger partial charge on any atom is -0.487 e. The van der Waals surface area contributed by atoms with Crippen LogP contribution in [0.3, 0.4) is 0 Å². The Labute approximate surface area is 97.3 Å². The van der Waals surface area contributed by atoms with Gasteiger partial charge >= 0.3 is 0 Å². The van der Waals surface area contributed by atoms with Crippen LogP contribution in [-0.4, -0.2) is 20.6 Å². The number of thiocarbonyl (C=S) groups is 2. The normalized spacial score (nSPS) is 6.00. The first-order chi connectivity index (χ1) is 6.29. The van der Waals surface area contributed by atoms with E-state index in [2.05, 4.69) is 63.6 Å². The fraction of sp³-hybridized carbons (Fsp3) is 0.750.